The highest BCUT2D eigenvalue weighted by molar-refractivity contribution is 5.76. The Morgan fingerprint density at radius 3 is 1.22 bits per heavy atom. The molecule has 0 bridgehead atoms. The van der Waals surface area contributed by atoms with Gasteiger partial charge in [0.15, 0.2) is 12.6 Å². The van der Waals surface area contributed by atoms with E-state index in [4.69, 9.17) is 18.9 Å². The normalized spacial score (nSPS) is 24.0. The summed E-state index contributed by atoms with van der Waals surface area (Å²) in [5.74, 6) is -0.203. The lowest BCUT2D eigenvalue weighted by atomic mass is 9.97. The third-order valence-corrected chi connectivity index (χ3v) is 17.1. The summed E-state index contributed by atoms with van der Waals surface area (Å²) in [6, 6.07) is -0.826. The summed E-state index contributed by atoms with van der Waals surface area (Å²) in [6.07, 6.45) is 51.9. The van der Waals surface area contributed by atoms with Crippen LogP contribution in [-0.2, 0) is 23.7 Å². The quantitative estimate of drug-likeness (QED) is 0.0204. The zero-order valence-corrected chi connectivity index (χ0v) is 53.0. The van der Waals surface area contributed by atoms with Crippen molar-refractivity contribution < 1.29 is 64.6 Å². The van der Waals surface area contributed by atoms with Crippen LogP contribution in [0.1, 0.15) is 303 Å². The molecule has 0 aliphatic carbocycles. The predicted molar refractivity (Wildman–Crippen MR) is 337 cm³/mol. The van der Waals surface area contributed by atoms with E-state index in [-0.39, 0.29) is 12.5 Å². The molecule has 0 saturated carbocycles. The number of hydrogen-bond donors (Lipinski definition) is 9. The third-order valence-electron chi connectivity index (χ3n) is 17.1. The van der Waals surface area contributed by atoms with Crippen molar-refractivity contribution in [2.45, 2.75) is 376 Å². The molecule has 2 aliphatic rings. The van der Waals surface area contributed by atoms with E-state index >= 15 is 0 Å². The number of hydrogen-bond acceptors (Lipinski definition) is 13. The molecule has 12 unspecified atom stereocenters. The number of unbranched alkanes of at least 4 members (excludes halogenated alkanes) is 38. The fourth-order valence-corrected chi connectivity index (χ4v) is 11.5. The zero-order chi connectivity index (χ0) is 60.2. The minimum absolute atomic E-state index is 0.203. The van der Waals surface area contributed by atoms with E-state index < -0.39 is 86.8 Å². The molecule has 14 nitrogen and oxygen atoms in total. The Bertz CT molecular complexity index is 1530. The van der Waals surface area contributed by atoms with Gasteiger partial charge >= 0.3 is 0 Å². The Hall–Kier alpha value is -1.79. The summed E-state index contributed by atoms with van der Waals surface area (Å²) in [5.41, 5.74) is 0. The van der Waals surface area contributed by atoms with Crippen LogP contribution >= 0.6 is 0 Å². The second-order valence-electron chi connectivity index (χ2n) is 24.7. The number of nitrogens with one attached hydrogen (secondary N) is 1. The van der Waals surface area contributed by atoms with E-state index in [9.17, 15) is 45.6 Å². The van der Waals surface area contributed by atoms with Crippen molar-refractivity contribution in [3.8, 4) is 0 Å². The first kappa shape index (κ1) is 77.3. The Morgan fingerprint density at radius 2 is 0.795 bits per heavy atom. The predicted octanol–water partition coefficient (Wildman–Crippen LogP) is 13.7. The van der Waals surface area contributed by atoms with Gasteiger partial charge in [-0.05, 0) is 51.4 Å². The molecule has 83 heavy (non-hydrogen) atoms. The highest BCUT2D eigenvalue weighted by Crippen LogP contribution is 2.30. The first-order valence-electron chi connectivity index (χ1n) is 34.7. The molecule has 0 spiro atoms. The highest BCUT2D eigenvalue weighted by atomic mass is 16.7. The van der Waals surface area contributed by atoms with Gasteiger partial charge in [0.25, 0.3) is 0 Å². The largest absolute Gasteiger partial charge is 0.394 e. The minimum Gasteiger partial charge on any atom is -0.394 e. The molecular weight excluding hydrogens is 1050 g/mol. The van der Waals surface area contributed by atoms with Crippen molar-refractivity contribution >= 4 is 5.91 Å². The lowest BCUT2D eigenvalue weighted by Gasteiger charge is -2.46. The van der Waals surface area contributed by atoms with Gasteiger partial charge in [-0.2, -0.15) is 0 Å². The molecule has 2 fully saturated rings. The van der Waals surface area contributed by atoms with Crippen molar-refractivity contribution in [2.24, 2.45) is 0 Å². The first-order valence-corrected chi connectivity index (χ1v) is 34.7. The van der Waals surface area contributed by atoms with Gasteiger partial charge < -0.3 is 65.1 Å². The van der Waals surface area contributed by atoms with Crippen LogP contribution in [0, 0.1) is 0 Å². The Morgan fingerprint density at radius 1 is 0.434 bits per heavy atom. The van der Waals surface area contributed by atoms with Gasteiger partial charge in [0.1, 0.15) is 48.8 Å². The molecule has 0 aromatic rings. The maximum absolute atomic E-state index is 13.3. The van der Waals surface area contributed by atoms with E-state index in [2.05, 4.69) is 55.6 Å². The smallest absolute Gasteiger partial charge is 0.220 e. The number of ether oxygens (including phenoxy) is 4. The Kier molecular flexibility index (Phi) is 50.6. The average Bonchev–Trinajstić information content (AvgIpc) is 3.58. The van der Waals surface area contributed by atoms with Crippen LogP contribution in [0.3, 0.4) is 0 Å². The fourth-order valence-electron chi connectivity index (χ4n) is 11.5. The van der Waals surface area contributed by atoms with Gasteiger partial charge in [-0.3, -0.25) is 4.79 Å². The summed E-state index contributed by atoms with van der Waals surface area (Å²) < 4.78 is 22.9. The van der Waals surface area contributed by atoms with E-state index in [0.717, 1.165) is 64.2 Å². The van der Waals surface area contributed by atoms with Crippen molar-refractivity contribution in [1.82, 2.24) is 5.32 Å². The summed E-state index contributed by atoms with van der Waals surface area (Å²) in [7, 11) is 0. The lowest BCUT2D eigenvalue weighted by Crippen LogP contribution is -2.65. The maximum atomic E-state index is 13.3. The standard InChI is InChI=1S/C69H129NO13/c1-3-5-7-9-11-13-15-17-18-19-20-21-22-23-24-25-26-27-28-29-30-31-32-33-34-35-36-37-38-39-40-41-43-45-47-49-51-53-61(74)70-57(58(73)52-50-48-46-44-42-16-14-12-10-8-6-4-2)56-80-68-66(79)64(77)67(60(55-72)82-68)83-69-65(78)63(76)62(75)59(54-71)81-69/h15,17,19-20,22-23,57-60,62-69,71-73,75-79H,3-14,16,18,21,24-56H2,1-2H3,(H,70,74)/b17-15-,20-19-,23-22-. The van der Waals surface area contributed by atoms with Crippen molar-refractivity contribution in [2.75, 3.05) is 19.8 Å². The average molecular weight is 1180 g/mol. The van der Waals surface area contributed by atoms with Crippen LogP contribution < -0.4 is 5.32 Å². The van der Waals surface area contributed by atoms with Crippen LogP contribution in [0.2, 0.25) is 0 Å². The van der Waals surface area contributed by atoms with E-state index in [1.165, 1.54) is 212 Å². The fraction of sp³-hybridized carbons (Fsp3) is 0.899. The number of carbonyl (C=O) groups excluding carboxylic acids is 1. The second-order valence-corrected chi connectivity index (χ2v) is 24.7. The molecule has 0 aromatic carbocycles. The van der Waals surface area contributed by atoms with Crippen LogP contribution in [-0.4, -0.2) is 140 Å². The van der Waals surface area contributed by atoms with Gasteiger partial charge in [0.2, 0.25) is 5.91 Å². The molecular formula is C69H129NO13. The summed E-state index contributed by atoms with van der Waals surface area (Å²) >= 11 is 0. The molecule has 9 N–H and O–H groups in total. The van der Waals surface area contributed by atoms with Gasteiger partial charge in [0.05, 0.1) is 32.0 Å². The van der Waals surface area contributed by atoms with Crippen LogP contribution in [0.4, 0.5) is 0 Å². The number of aliphatic hydroxyl groups is 8. The molecule has 2 saturated heterocycles. The molecule has 1 amide bonds. The number of amides is 1. The van der Waals surface area contributed by atoms with Gasteiger partial charge in [-0.25, -0.2) is 0 Å². The van der Waals surface area contributed by atoms with Gasteiger partial charge in [0, 0.05) is 6.42 Å². The number of allylic oxidation sites excluding steroid dienone is 6. The van der Waals surface area contributed by atoms with E-state index in [1.807, 2.05) is 0 Å². The molecule has 14 heteroatoms. The van der Waals surface area contributed by atoms with Crippen LogP contribution in [0.15, 0.2) is 36.5 Å². The van der Waals surface area contributed by atoms with Crippen LogP contribution in [0.5, 0.6) is 0 Å². The van der Waals surface area contributed by atoms with Crippen LogP contribution in [0.25, 0.3) is 0 Å². The Balaban J connectivity index is 1.55. The van der Waals surface area contributed by atoms with Crippen molar-refractivity contribution in [3.05, 3.63) is 36.5 Å². The van der Waals surface area contributed by atoms with Gasteiger partial charge in [-0.1, -0.05) is 281 Å². The monoisotopic (exact) mass is 1180 g/mol. The van der Waals surface area contributed by atoms with Gasteiger partial charge in [-0.15, -0.1) is 0 Å². The molecule has 12 atom stereocenters. The molecule has 0 radical (unpaired) electrons. The number of rotatable bonds is 57. The van der Waals surface area contributed by atoms with E-state index in [0.29, 0.717) is 12.8 Å². The Labute approximate surface area is 506 Å². The summed E-state index contributed by atoms with van der Waals surface area (Å²) in [5, 5.41) is 87.3. The zero-order valence-electron chi connectivity index (χ0n) is 53.0. The second kappa shape index (κ2) is 54.4. The molecule has 488 valence electrons. The molecule has 2 heterocycles. The minimum atomic E-state index is -1.78. The van der Waals surface area contributed by atoms with Crippen molar-refractivity contribution in [1.29, 1.82) is 0 Å². The lowest BCUT2D eigenvalue weighted by molar-refractivity contribution is -0.359. The topological polar surface area (TPSA) is 228 Å². The number of aliphatic hydroxyl groups excluding tert-OH is 8. The highest BCUT2D eigenvalue weighted by Gasteiger charge is 2.51. The third kappa shape index (κ3) is 39.0. The summed E-state index contributed by atoms with van der Waals surface area (Å²) in [4.78, 5) is 13.3. The number of carbonyl (C=O) groups is 1. The SMILES string of the molecule is CCCCCCC/C=C\C/C=C\C/C=C\CCCCCCCCCCCCCCCCCCCCCCCCC(=O)NC(COC1OC(CO)C(OC2OC(CO)C(O)C(O)C2O)C(O)C1O)C(O)CCCCCCCCCCCCCC. The molecule has 2 rings (SSSR count). The first-order chi connectivity index (χ1) is 40.6. The maximum Gasteiger partial charge on any atom is 0.220 e. The van der Waals surface area contributed by atoms with E-state index in [1.54, 1.807) is 0 Å². The molecule has 2 aliphatic heterocycles. The molecule has 0 aromatic heterocycles. The summed E-state index contributed by atoms with van der Waals surface area (Å²) in [6.45, 7) is 2.86. The van der Waals surface area contributed by atoms with Crippen molar-refractivity contribution in [3.63, 3.8) is 0 Å².